The molecule has 20 heavy (non-hydrogen) atoms. The van der Waals surface area contributed by atoms with Crippen LogP contribution in [0.1, 0.15) is 22.3 Å². The van der Waals surface area contributed by atoms with Crippen LogP contribution in [0.5, 0.6) is 5.75 Å². The molecule has 2 aromatic heterocycles. The van der Waals surface area contributed by atoms with Gasteiger partial charge in [-0.25, -0.2) is 4.98 Å². The first-order valence-corrected chi connectivity index (χ1v) is 6.53. The molecular weight excluding hydrogens is 291 g/mol. The van der Waals surface area contributed by atoms with Crippen molar-refractivity contribution in [2.75, 3.05) is 6.61 Å². The van der Waals surface area contributed by atoms with Gasteiger partial charge in [0.05, 0.1) is 16.4 Å². The highest BCUT2D eigenvalue weighted by atomic mass is 32.1. The Morgan fingerprint density at radius 1 is 1.30 bits per heavy atom. The molecule has 2 rings (SSSR count). The molecule has 0 saturated heterocycles. The number of rotatable bonds is 4. The van der Waals surface area contributed by atoms with E-state index >= 15 is 0 Å². The van der Waals surface area contributed by atoms with Crippen LogP contribution in [-0.2, 0) is 6.18 Å². The Labute approximate surface area is 117 Å². The number of thiophene rings is 1. The van der Waals surface area contributed by atoms with Gasteiger partial charge in [0, 0.05) is 0 Å². The third kappa shape index (κ3) is 2.98. The molecule has 0 aromatic carbocycles. The molecule has 0 amide bonds. The van der Waals surface area contributed by atoms with Crippen LogP contribution in [0.4, 0.5) is 13.2 Å². The van der Waals surface area contributed by atoms with Crippen molar-refractivity contribution < 1.29 is 22.7 Å². The number of aldehydes is 1. The van der Waals surface area contributed by atoms with E-state index in [1.54, 1.807) is 13.0 Å². The summed E-state index contributed by atoms with van der Waals surface area (Å²) in [6, 6.07) is 5.21. The molecule has 0 spiro atoms. The van der Waals surface area contributed by atoms with Gasteiger partial charge in [-0.15, -0.1) is 11.3 Å². The van der Waals surface area contributed by atoms with E-state index in [0.717, 1.165) is 17.4 Å². The van der Waals surface area contributed by atoms with Crippen molar-refractivity contribution >= 4 is 17.6 Å². The fraction of sp³-hybridized carbons (Fsp3) is 0.231. The second-order valence-corrected chi connectivity index (χ2v) is 4.91. The zero-order chi connectivity index (χ0) is 14.8. The molecule has 0 fully saturated rings. The quantitative estimate of drug-likeness (QED) is 0.800. The van der Waals surface area contributed by atoms with Crippen LogP contribution >= 0.6 is 11.3 Å². The predicted octanol–water partition coefficient (Wildman–Crippen LogP) is 4.04. The fourth-order valence-corrected chi connectivity index (χ4v) is 2.41. The molecule has 0 saturated carbocycles. The maximum absolute atomic E-state index is 12.7. The molecule has 0 unspecified atom stereocenters. The summed E-state index contributed by atoms with van der Waals surface area (Å²) >= 11 is 1.07. The average Bonchev–Trinajstić information content (AvgIpc) is 2.87. The monoisotopic (exact) mass is 301 g/mol. The minimum atomic E-state index is -4.52. The molecule has 0 aliphatic rings. The van der Waals surface area contributed by atoms with Crippen molar-refractivity contribution in [3.05, 3.63) is 34.8 Å². The number of carbonyl (C=O) groups excluding carboxylic acids is 1. The zero-order valence-corrected chi connectivity index (χ0v) is 11.2. The van der Waals surface area contributed by atoms with Gasteiger partial charge in [0.1, 0.15) is 17.1 Å². The van der Waals surface area contributed by atoms with E-state index in [4.69, 9.17) is 4.74 Å². The van der Waals surface area contributed by atoms with Crippen molar-refractivity contribution in [1.29, 1.82) is 0 Å². The molecule has 106 valence electrons. The Morgan fingerprint density at radius 2 is 2.05 bits per heavy atom. The van der Waals surface area contributed by atoms with Crippen LogP contribution in [0.15, 0.2) is 24.3 Å². The standard InChI is InChI=1S/C13H10F3NO2S/c1-2-19-9-4-6-11(13(14,15)16)17-12(9)10-5-3-8(7-18)20-10/h3-7H,2H2,1H3. The van der Waals surface area contributed by atoms with E-state index in [1.807, 2.05) is 0 Å². The Hall–Kier alpha value is -1.89. The molecule has 0 radical (unpaired) electrons. The third-order valence-corrected chi connectivity index (χ3v) is 3.44. The Morgan fingerprint density at radius 3 is 2.60 bits per heavy atom. The summed E-state index contributed by atoms with van der Waals surface area (Å²) < 4.78 is 43.4. The lowest BCUT2D eigenvalue weighted by molar-refractivity contribution is -0.141. The van der Waals surface area contributed by atoms with Gasteiger partial charge in [-0.3, -0.25) is 4.79 Å². The Kier molecular flexibility index (Phi) is 4.08. The number of halogens is 3. The molecule has 0 N–H and O–H groups in total. The number of nitrogens with zero attached hydrogens (tertiary/aromatic N) is 1. The largest absolute Gasteiger partial charge is 0.492 e. The summed E-state index contributed by atoms with van der Waals surface area (Å²) in [5, 5.41) is 0. The molecule has 3 nitrogen and oxygen atoms in total. The SMILES string of the molecule is CCOc1ccc(C(F)(F)F)nc1-c1ccc(C=O)s1. The first kappa shape index (κ1) is 14.5. The molecule has 0 atom stereocenters. The van der Waals surface area contributed by atoms with E-state index in [-0.39, 0.29) is 11.4 Å². The second kappa shape index (κ2) is 5.62. The first-order valence-electron chi connectivity index (χ1n) is 5.72. The van der Waals surface area contributed by atoms with E-state index in [2.05, 4.69) is 4.98 Å². The molecule has 2 aromatic rings. The molecule has 2 heterocycles. The number of aromatic nitrogens is 1. The maximum Gasteiger partial charge on any atom is 0.433 e. The number of hydrogen-bond donors (Lipinski definition) is 0. The maximum atomic E-state index is 12.7. The molecular formula is C13H10F3NO2S. The van der Waals surface area contributed by atoms with Gasteiger partial charge in [0.25, 0.3) is 0 Å². The lowest BCUT2D eigenvalue weighted by Crippen LogP contribution is -2.09. The Balaban J connectivity index is 2.54. The molecule has 0 bridgehead atoms. The van der Waals surface area contributed by atoms with Gasteiger partial charge in [-0.05, 0) is 31.2 Å². The van der Waals surface area contributed by atoms with Gasteiger partial charge < -0.3 is 4.74 Å². The van der Waals surface area contributed by atoms with Crippen LogP contribution in [0.25, 0.3) is 10.6 Å². The van der Waals surface area contributed by atoms with Crippen molar-refractivity contribution in [3.63, 3.8) is 0 Å². The van der Waals surface area contributed by atoms with Crippen LogP contribution in [0.3, 0.4) is 0 Å². The van der Waals surface area contributed by atoms with E-state index in [1.165, 1.54) is 12.1 Å². The third-order valence-electron chi connectivity index (χ3n) is 2.42. The van der Waals surface area contributed by atoms with E-state index < -0.39 is 11.9 Å². The van der Waals surface area contributed by atoms with Crippen LogP contribution < -0.4 is 4.74 Å². The minimum absolute atomic E-state index is 0.0970. The predicted molar refractivity (Wildman–Crippen MR) is 69.1 cm³/mol. The number of alkyl halides is 3. The highest BCUT2D eigenvalue weighted by Gasteiger charge is 2.33. The van der Waals surface area contributed by atoms with Gasteiger partial charge in [0.2, 0.25) is 0 Å². The van der Waals surface area contributed by atoms with Crippen molar-refractivity contribution in [2.45, 2.75) is 13.1 Å². The Bertz CT molecular complexity index is 622. The number of ether oxygens (including phenoxy) is 1. The summed E-state index contributed by atoms with van der Waals surface area (Å²) in [6.07, 6.45) is -3.88. The summed E-state index contributed by atoms with van der Waals surface area (Å²) in [5.41, 5.74) is -0.892. The number of carbonyl (C=O) groups is 1. The minimum Gasteiger partial charge on any atom is -0.492 e. The second-order valence-electron chi connectivity index (χ2n) is 3.79. The number of pyridine rings is 1. The topological polar surface area (TPSA) is 39.2 Å². The highest BCUT2D eigenvalue weighted by molar-refractivity contribution is 7.17. The molecule has 0 aliphatic carbocycles. The highest BCUT2D eigenvalue weighted by Crippen LogP contribution is 2.36. The fourth-order valence-electron chi connectivity index (χ4n) is 1.60. The van der Waals surface area contributed by atoms with E-state index in [9.17, 15) is 18.0 Å². The zero-order valence-electron chi connectivity index (χ0n) is 10.4. The van der Waals surface area contributed by atoms with Crippen molar-refractivity contribution in [2.24, 2.45) is 0 Å². The van der Waals surface area contributed by atoms with Gasteiger partial charge in [-0.1, -0.05) is 0 Å². The first-order chi connectivity index (χ1) is 9.45. The van der Waals surface area contributed by atoms with Gasteiger partial charge >= 0.3 is 6.18 Å². The summed E-state index contributed by atoms with van der Waals surface area (Å²) in [5.74, 6) is 0.264. The van der Waals surface area contributed by atoms with Crippen molar-refractivity contribution in [1.82, 2.24) is 4.98 Å². The summed E-state index contributed by atoms with van der Waals surface area (Å²) in [4.78, 5) is 15.2. The lowest BCUT2D eigenvalue weighted by atomic mass is 10.2. The lowest BCUT2D eigenvalue weighted by Gasteiger charge is -2.11. The molecule has 7 heteroatoms. The van der Waals surface area contributed by atoms with Crippen molar-refractivity contribution in [3.8, 4) is 16.3 Å². The van der Waals surface area contributed by atoms with Crippen LogP contribution in [-0.4, -0.2) is 17.9 Å². The van der Waals surface area contributed by atoms with E-state index in [0.29, 0.717) is 22.6 Å². The normalized spacial score (nSPS) is 11.4. The van der Waals surface area contributed by atoms with Gasteiger partial charge in [0.15, 0.2) is 6.29 Å². The average molecular weight is 301 g/mol. The smallest absolute Gasteiger partial charge is 0.433 e. The summed E-state index contributed by atoms with van der Waals surface area (Å²) in [7, 11) is 0. The van der Waals surface area contributed by atoms with Gasteiger partial charge in [-0.2, -0.15) is 13.2 Å². The van der Waals surface area contributed by atoms with Crippen LogP contribution in [0.2, 0.25) is 0 Å². The summed E-state index contributed by atoms with van der Waals surface area (Å²) in [6.45, 7) is 2.04. The number of hydrogen-bond acceptors (Lipinski definition) is 4. The van der Waals surface area contributed by atoms with Crippen LogP contribution in [0, 0.1) is 0 Å². The molecule has 0 aliphatic heterocycles.